The Kier molecular flexibility index (Phi) is 7.29. The Morgan fingerprint density at radius 2 is 1.64 bits per heavy atom. The minimum Gasteiger partial charge on any atom is -0.506 e. The lowest BCUT2D eigenvalue weighted by atomic mass is 10.1. The number of aromatic nitrogens is 1. The fraction of sp³-hybridized carbons (Fsp3) is 0.308. The Morgan fingerprint density at radius 1 is 0.939 bits per heavy atom. The van der Waals surface area contributed by atoms with Crippen LogP contribution >= 0.6 is 0 Å². The fourth-order valence-corrected chi connectivity index (χ4v) is 4.02. The van der Waals surface area contributed by atoms with Crippen molar-refractivity contribution in [3.63, 3.8) is 0 Å². The number of hydrogen-bond donors (Lipinski definition) is 2. The van der Waals surface area contributed by atoms with Gasteiger partial charge in [-0.15, -0.1) is 0 Å². The molecule has 1 aliphatic heterocycles. The number of phenolic OH excluding ortho intramolecular Hbond substituents is 1. The quantitative estimate of drug-likeness (QED) is 0.451. The van der Waals surface area contributed by atoms with Crippen molar-refractivity contribution >= 4 is 11.6 Å². The summed E-state index contributed by atoms with van der Waals surface area (Å²) in [4.78, 5) is 21.3. The van der Waals surface area contributed by atoms with Gasteiger partial charge in [-0.3, -0.25) is 4.79 Å². The molecule has 0 saturated carbocycles. The first-order valence-electron chi connectivity index (χ1n) is 11.4. The highest BCUT2D eigenvalue weighted by Gasteiger charge is 2.21. The Bertz CT molecular complexity index is 1130. The second kappa shape index (κ2) is 10.7. The monoisotopic (exact) mass is 445 g/mol. The van der Waals surface area contributed by atoms with E-state index in [4.69, 9.17) is 4.99 Å². The van der Waals surface area contributed by atoms with Crippen molar-refractivity contribution in [3.05, 3.63) is 94.4 Å². The van der Waals surface area contributed by atoms with E-state index >= 15 is 0 Å². The molecule has 1 fully saturated rings. The Balaban J connectivity index is 1.37. The van der Waals surface area contributed by atoms with E-state index < -0.39 is 0 Å². The zero-order valence-electron chi connectivity index (χ0n) is 19.0. The third kappa shape index (κ3) is 5.74. The average molecular weight is 446 g/mol. The van der Waals surface area contributed by atoms with E-state index in [-0.39, 0.29) is 5.56 Å². The number of pyridine rings is 1. The van der Waals surface area contributed by atoms with Crippen LogP contribution in [-0.2, 0) is 13.1 Å². The van der Waals surface area contributed by atoms with Crippen LogP contribution in [0.4, 0.5) is 5.69 Å². The summed E-state index contributed by atoms with van der Waals surface area (Å²) in [7, 11) is 0. The van der Waals surface area contributed by atoms with Crippen molar-refractivity contribution < 1.29 is 5.11 Å². The molecule has 7 heteroatoms. The summed E-state index contributed by atoms with van der Waals surface area (Å²) in [6, 6.07) is 21.0. The number of aliphatic imine (C=N–C) groups is 1. The molecule has 1 aliphatic rings. The second-order valence-corrected chi connectivity index (χ2v) is 8.12. The number of nitrogens with zero attached hydrogens (tertiary/aromatic N) is 4. The van der Waals surface area contributed by atoms with Crippen LogP contribution in [0.15, 0.2) is 82.7 Å². The van der Waals surface area contributed by atoms with E-state index in [9.17, 15) is 9.90 Å². The van der Waals surface area contributed by atoms with Gasteiger partial charge in [0, 0.05) is 45.0 Å². The first-order valence-corrected chi connectivity index (χ1v) is 11.4. The molecule has 33 heavy (non-hydrogen) atoms. The van der Waals surface area contributed by atoms with Gasteiger partial charge in [-0.05, 0) is 36.2 Å². The van der Waals surface area contributed by atoms with Crippen molar-refractivity contribution in [3.8, 4) is 5.75 Å². The predicted octanol–water partition coefficient (Wildman–Crippen LogP) is 2.89. The van der Waals surface area contributed by atoms with Crippen LogP contribution < -0.4 is 15.8 Å². The highest BCUT2D eigenvalue weighted by molar-refractivity contribution is 5.80. The first kappa shape index (κ1) is 22.5. The Morgan fingerprint density at radius 3 is 2.33 bits per heavy atom. The number of rotatable bonds is 6. The van der Waals surface area contributed by atoms with Crippen LogP contribution in [0, 0.1) is 0 Å². The number of para-hydroxylation sites is 2. The highest BCUT2D eigenvalue weighted by atomic mass is 16.3. The van der Waals surface area contributed by atoms with E-state index in [2.05, 4.69) is 46.3 Å². The van der Waals surface area contributed by atoms with E-state index in [0.717, 1.165) is 55.5 Å². The number of guanidine groups is 1. The van der Waals surface area contributed by atoms with Gasteiger partial charge in [0.1, 0.15) is 5.75 Å². The summed E-state index contributed by atoms with van der Waals surface area (Å²) in [6.45, 7) is 7.37. The summed E-state index contributed by atoms with van der Waals surface area (Å²) in [5.74, 6) is 1.24. The minimum atomic E-state index is 0.00373. The van der Waals surface area contributed by atoms with Gasteiger partial charge in [0.05, 0.1) is 18.8 Å². The third-order valence-electron chi connectivity index (χ3n) is 5.82. The molecule has 2 aromatic carbocycles. The van der Waals surface area contributed by atoms with Crippen molar-refractivity contribution in [2.75, 3.05) is 37.6 Å². The van der Waals surface area contributed by atoms with Crippen LogP contribution in [0.1, 0.15) is 18.1 Å². The van der Waals surface area contributed by atoms with E-state index in [1.807, 2.05) is 30.5 Å². The first-order chi connectivity index (χ1) is 16.1. The minimum absolute atomic E-state index is 0.00373. The Labute approximate surface area is 194 Å². The highest BCUT2D eigenvalue weighted by Crippen LogP contribution is 2.27. The number of anilines is 1. The van der Waals surface area contributed by atoms with Crippen LogP contribution in [0.2, 0.25) is 0 Å². The standard InChI is InChI=1S/C26H31N5O2/c1-2-27-26(30-17-15-29(16-18-30)23-7-3-4-8-24(23)32)28-19-21-10-12-22(13-11-21)20-31-14-6-5-9-25(31)33/h3-14,32H,2,15-20H2,1H3,(H,27,28). The average Bonchev–Trinajstić information content (AvgIpc) is 2.85. The lowest BCUT2D eigenvalue weighted by Crippen LogP contribution is -2.52. The second-order valence-electron chi connectivity index (χ2n) is 8.12. The zero-order valence-corrected chi connectivity index (χ0v) is 19.0. The van der Waals surface area contributed by atoms with Gasteiger partial charge >= 0.3 is 0 Å². The van der Waals surface area contributed by atoms with Crippen molar-refractivity contribution in [2.45, 2.75) is 20.0 Å². The predicted molar refractivity (Wildman–Crippen MR) is 133 cm³/mol. The SMILES string of the molecule is CCNC(=NCc1ccc(Cn2ccccc2=O)cc1)N1CCN(c2ccccc2O)CC1. The lowest BCUT2D eigenvalue weighted by Gasteiger charge is -2.37. The summed E-state index contributed by atoms with van der Waals surface area (Å²) in [5.41, 5.74) is 3.10. The van der Waals surface area contributed by atoms with Gasteiger partial charge in [0.25, 0.3) is 5.56 Å². The number of phenols is 1. The maximum absolute atomic E-state index is 11.9. The molecule has 0 spiro atoms. The number of nitrogens with one attached hydrogen (secondary N) is 1. The summed E-state index contributed by atoms with van der Waals surface area (Å²) < 4.78 is 1.70. The topological polar surface area (TPSA) is 73.1 Å². The molecule has 0 amide bonds. The number of piperazine rings is 1. The van der Waals surface area contributed by atoms with Crippen LogP contribution in [0.3, 0.4) is 0 Å². The van der Waals surface area contributed by atoms with Gasteiger partial charge in [0.15, 0.2) is 5.96 Å². The maximum Gasteiger partial charge on any atom is 0.250 e. The van der Waals surface area contributed by atoms with Crippen molar-refractivity contribution in [1.82, 2.24) is 14.8 Å². The molecule has 0 atom stereocenters. The molecule has 0 unspecified atom stereocenters. The molecule has 0 aliphatic carbocycles. The van der Waals surface area contributed by atoms with Gasteiger partial charge in [0.2, 0.25) is 0 Å². The molecule has 172 valence electrons. The van der Waals surface area contributed by atoms with Crippen LogP contribution in [0.25, 0.3) is 0 Å². The van der Waals surface area contributed by atoms with Crippen molar-refractivity contribution in [2.24, 2.45) is 4.99 Å². The largest absolute Gasteiger partial charge is 0.506 e. The van der Waals surface area contributed by atoms with Crippen LogP contribution in [-0.4, -0.2) is 53.3 Å². The van der Waals surface area contributed by atoms with E-state index in [0.29, 0.717) is 18.8 Å². The summed E-state index contributed by atoms with van der Waals surface area (Å²) in [5, 5.41) is 13.5. The van der Waals surface area contributed by atoms with Gasteiger partial charge in [-0.2, -0.15) is 0 Å². The van der Waals surface area contributed by atoms with E-state index in [1.165, 1.54) is 0 Å². The van der Waals surface area contributed by atoms with Gasteiger partial charge in [-0.1, -0.05) is 42.5 Å². The molecule has 0 bridgehead atoms. The molecular formula is C26H31N5O2. The molecule has 1 aromatic heterocycles. The summed E-state index contributed by atoms with van der Waals surface area (Å²) in [6.07, 6.45) is 1.81. The molecule has 3 aromatic rings. The Hall–Kier alpha value is -3.74. The smallest absolute Gasteiger partial charge is 0.250 e. The number of hydrogen-bond acceptors (Lipinski definition) is 4. The molecule has 7 nitrogen and oxygen atoms in total. The molecule has 1 saturated heterocycles. The maximum atomic E-state index is 11.9. The van der Waals surface area contributed by atoms with Crippen molar-refractivity contribution in [1.29, 1.82) is 0 Å². The number of aromatic hydroxyl groups is 1. The summed E-state index contributed by atoms with van der Waals surface area (Å²) >= 11 is 0. The molecule has 2 heterocycles. The number of benzene rings is 2. The van der Waals surface area contributed by atoms with Gasteiger partial charge < -0.3 is 24.8 Å². The molecule has 2 N–H and O–H groups in total. The lowest BCUT2D eigenvalue weighted by molar-refractivity contribution is 0.369. The third-order valence-corrected chi connectivity index (χ3v) is 5.82. The normalized spacial score (nSPS) is 14.4. The van der Waals surface area contributed by atoms with Gasteiger partial charge in [-0.25, -0.2) is 4.99 Å². The van der Waals surface area contributed by atoms with E-state index in [1.54, 1.807) is 22.8 Å². The molecule has 0 radical (unpaired) electrons. The molecule has 4 rings (SSSR count). The fourth-order valence-electron chi connectivity index (χ4n) is 4.02. The molecular weight excluding hydrogens is 414 g/mol. The van der Waals surface area contributed by atoms with Crippen LogP contribution in [0.5, 0.6) is 5.75 Å². The zero-order chi connectivity index (χ0) is 23.0.